The van der Waals surface area contributed by atoms with Crippen molar-refractivity contribution in [3.8, 4) is 16.9 Å². The van der Waals surface area contributed by atoms with Gasteiger partial charge in [0, 0.05) is 11.1 Å². The van der Waals surface area contributed by atoms with Crippen LogP contribution in [0.2, 0.25) is 5.02 Å². The zero-order valence-corrected chi connectivity index (χ0v) is 17.3. The number of halogens is 4. The molecular weight excluding hydrogens is 385 g/mol. The highest BCUT2D eigenvalue weighted by molar-refractivity contribution is 6.31. The Bertz CT molecular complexity index is 711. The third-order valence-corrected chi connectivity index (χ3v) is 5.21. The van der Waals surface area contributed by atoms with Crippen molar-refractivity contribution < 1.29 is 17.9 Å². The van der Waals surface area contributed by atoms with Crippen molar-refractivity contribution in [2.45, 2.75) is 65.2 Å². The average Bonchev–Trinajstić information content (AvgIpc) is 2.69. The van der Waals surface area contributed by atoms with Gasteiger partial charge in [-0.1, -0.05) is 69.7 Å². The van der Waals surface area contributed by atoms with E-state index < -0.39 is 17.5 Å². The Hall–Kier alpha value is -1.68. The SMILES string of the molecule is CCCCCCc1ccc(-c2ccc(OCCCCC)c(F)c2F)c(F)c1Cl. The van der Waals surface area contributed by atoms with Crippen LogP contribution in [-0.2, 0) is 6.42 Å². The van der Waals surface area contributed by atoms with Crippen molar-refractivity contribution in [1.29, 1.82) is 0 Å². The lowest BCUT2D eigenvalue weighted by Gasteiger charge is -2.13. The van der Waals surface area contributed by atoms with Crippen molar-refractivity contribution in [3.05, 3.63) is 52.3 Å². The summed E-state index contributed by atoms with van der Waals surface area (Å²) in [5.74, 6) is -3.10. The van der Waals surface area contributed by atoms with E-state index in [0.717, 1.165) is 44.9 Å². The molecule has 0 aliphatic carbocycles. The molecule has 0 saturated heterocycles. The molecule has 0 aliphatic heterocycles. The molecule has 2 rings (SSSR count). The van der Waals surface area contributed by atoms with Gasteiger partial charge in [0.2, 0.25) is 5.82 Å². The van der Waals surface area contributed by atoms with Crippen LogP contribution in [0.5, 0.6) is 5.75 Å². The second-order valence-corrected chi connectivity index (χ2v) is 7.38. The molecule has 0 radical (unpaired) electrons. The summed E-state index contributed by atoms with van der Waals surface area (Å²) in [6.07, 6.45) is 7.60. The fraction of sp³-hybridized carbons (Fsp3) is 0.478. The molecule has 1 nitrogen and oxygen atoms in total. The number of hydrogen-bond acceptors (Lipinski definition) is 1. The second kappa shape index (κ2) is 11.4. The van der Waals surface area contributed by atoms with Gasteiger partial charge in [-0.3, -0.25) is 0 Å². The summed E-state index contributed by atoms with van der Waals surface area (Å²) in [6, 6.07) is 5.84. The van der Waals surface area contributed by atoms with Gasteiger partial charge in [-0.15, -0.1) is 0 Å². The van der Waals surface area contributed by atoms with Crippen LogP contribution < -0.4 is 4.74 Å². The molecule has 5 heteroatoms. The minimum absolute atomic E-state index is 0.0197. The van der Waals surface area contributed by atoms with E-state index in [0.29, 0.717) is 18.6 Å². The summed E-state index contributed by atoms with van der Waals surface area (Å²) in [4.78, 5) is 0. The number of ether oxygens (including phenoxy) is 1. The molecule has 0 atom stereocenters. The molecule has 154 valence electrons. The van der Waals surface area contributed by atoms with Crippen LogP contribution in [0.3, 0.4) is 0 Å². The predicted octanol–water partition coefficient (Wildman–Crippen LogP) is 8.12. The maximum atomic E-state index is 14.8. The maximum absolute atomic E-state index is 14.8. The van der Waals surface area contributed by atoms with E-state index in [4.69, 9.17) is 16.3 Å². The lowest BCUT2D eigenvalue weighted by molar-refractivity contribution is 0.286. The fourth-order valence-electron chi connectivity index (χ4n) is 3.12. The van der Waals surface area contributed by atoms with E-state index in [1.807, 2.05) is 6.92 Å². The van der Waals surface area contributed by atoms with E-state index >= 15 is 0 Å². The molecule has 0 fully saturated rings. The third kappa shape index (κ3) is 5.66. The van der Waals surface area contributed by atoms with Crippen LogP contribution in [0.25, 0.3) is 11.1 Å². The number of rotatable bonds is 11. The topological polar surface area (TPSA) is 9.23 Å². The zero-order chi connectivity index (χ0) is 20.5. The molecular formula is C23H28ClF3O. The highest BCUT2D eigenvalue weighted by Crippen LogP contribution is 2.35. The van der Waals surface area contributed by atoms with Crippen molar-refractivity contribution in [2.24, 2.45) is 0 Å². The summed E-state index contributed by atoms with van der Waals surface area (Å²) in [5, 5.41) is -0.0197. The van der Waals surface area contributed by atoms with Gasteiger partial charge in [0.05, 0.1) is 11.6 Å². The molecule has 0 heterocycles. The molecule has 0 amide bonds. The average molecular weight is 413 g/mol. The van der Waals surface area contributed by atoms with Crippen molar-refractivity contribution >= 4 is 11.6 Å². The Balaban J connectivity index is 2.20. The second-order valence-electron chi connectivity index (χ2n) is 7.01. The van der Waals surface area contributed by atoms with Crippen LogP contribution in [0, 0.1) is 17.5 Å². The van der Waals surface area contributed by atoms with Crippen LogP contribution in [-0.4, -0.2) is 6.61 Å². The van der Waals surface area contributed by atoms with E-state index in [2.05, 4.69) is 6.92 Å². The lowest BCUT2D eigenvalue weighted by Crippen LogP contribution is -2.02. The summed E-state index contributed by atoms with van der Waals surface area (Å²) < 4.78 is 49.0. The van der Waals surface area contributed by atoms with Gasteiger partial charge in [-0.2, -0.15) is 4.39 Å². The van der Waals surface area contributed by atoms with Gasteiger partial charge in [-0.05, 0) is 37.0 Å². The molecule has 0 aromatic heterocycles. The largest absolute Gasteiger partial charge is 0.490 e. The summed E-state index contributed by atoms with van der Waals surface area (Å²) in [7, 11) is 0. The number of aryl methyl sites for hydroxylation is 1. The Morgan fingerprint density at radius 3 is 2.11 bits per heavy atom. The molecule has 0 spiro atoms. The smallest absolute Gasteiger partial charge is 0.201 e. The molecule has 0 unspecified atom stereocenters. The molecule has 0 aliphatic rings. The van der Waals surface area contributed by atoms with Crippen LogP contribution >= 0.6 is 11.6 Å². The van der Waals surface area contributed by atoms with Crippen LogP contribution in [0.4, 0.5) is 13.2 Å². The predicted molar refractivity (Wildman–Crippen MR) is 110 cm³/mol. The number of benzene rings is 2. The Kier molecular flexibility index (Phi) is 9.17. The van der Waals surface area contributed by atoms with Gasteiger partial charge in [0.25, 0.3) is 0 Å². The first-order chi connectivity index (χ1) is 13.5. The van der Waals surface area contributed by atoms with Gasteiger partial charge in [-0.25, -0.2) is 8.78 Å². The van der Waals surface area contributed by atoms with Gasteiger partial charge in [0.15, 0.2) is 11.6 Å². The number of hydrogen-bond donors (Lipinski definition) is 0. The van der Waals surface area contributed by atoms with E-state index in [9.17, 15) is 13.2 Å². The van der Waals surface area contributed by atoms with Gasteiger partial charge >= 0.3 is 0 Å². The molecule has 2 aromatic rings. The van der Waals surface area contributed by atoms with E-state index in [-0.39, 0.29) is 21.9 Å². The zero-order valence-electron chi connectivity index (χ0n) is 16.6. The van der Waals surface area contributed by atoms with Gasteiger partial charge < -0.3 is 4.74 Å². The standard InChI is InChI=1S/C23H28ClF3O/c1-3-5-7-8-10-16-11-12-17(21(25)20(16)24)18-13-14-19(23(27)22(18)26)28-15-9-6-4-2/h11-14H,3-10,15H2,1-2H3. The summed E-state index contributed by atoms with van der Waals surface area (Å²) >= 11 is 6.17. The fourth-order valence-corrected chi connectivity index (χ4v) is 3.38. The third-order valence-electron chi connectivity index (χ3n) is 4.80. The first kappa shape index (κ1) is 22.6. The van der Waals surface area contributed by atoms with Crippen molar-refractivity contribution in [3.63, 3.8) is 0 Å². The van der Waals surface area contributed by atoms with Crippen LogP contribution in [0.15, 0.2) is 24.3 Å². The first-order valence-corrected chi connectivity index (χ1v) is 10.5. The maximum Gasteiger partial charge on any atom is 0.201 e. The molecule has 0 bridgehead atoms. The molecule has 0 saturated carbocycles. The minimum atomic E-state index is -1.13. The monoisotopic (exact) mass is 412 g/mol. The summed E-state index contributed by atoms with van der Waals surface area (Å²) in [6.45, 7) is 4.48. The van der Waals surface area contributed by atoms with Crippen molar-refractivity contribution in [1.82, 2.24) is 0 Å². The Labute approximate surface area is 170 Å². The Morgan fingerprint density at radius 2 is 1.39 bits per heavy atom. The normalized spacial score (nSPS) is 11.1. The first-order valence-electron chi connectivity index (χ1n) is 10.1. The lowest BCUT2D eigenvalue weighted by atomic mass is 9.99. The molecule has 28 heavy (non-hydrogen) atoms. The van der Waals surface area contributed by atoms with Crippen LogP contribution in [0.1, 0.15) is 64.4 Å². The Morgan fingerprint density at radius 1 is 0.750 bits per heavy atom. The minimum Gasteiger partial charge on any atom is -0.490 e. The molecule has 0 N–H and O–H groups in total. The highest BCUT2D eigenvalue weighted by atomic mass is 35.5. The highest BCUT2D eigenvalue weighted by Gasteiger charge is 2.20. The quantitative estimate of drug-likeness (QED) is 0.338. The van der Waals surface area contributed by atoms with E-state index in [1.54, 1.807) is 6.07 Å². The number of unbranched alkanes of at least 4 members (excludes halogenated alkanes) is 5. The summed E-state index contributed by atoms with van der Waals surface area (Å²) in [5.41, 5.74) is 0.488. The van der Waals surface area contributed by atoms with E-state index in [1.165, 1.54) is 18.2 Å². The van der Waals surface area contributed by atoms with Gasteiger partial charge in [0.1, 0.15) is 5.82 Å². The van der Waals surface area contributed by atoms with Crippen molar-refractivity contribution in [2.75, 3.05) is 6.61 Å². The molecule has 2 aromatic carbocycles.